The summed E-state index contributed by atoms with van der Waals surface area (Å²) in [4.78, 5) is 44.6. The molecule has 1 aliphatic heterocycles. The fourth-order valence-corrected chi connectivity index (χ4v) is 3.40. The van der Waals surface area contributed by atoms with Crippen LogP contribution >= 0.6 is 0 Å². The number of para-hydroxylation sites is 2. The van der Waals surface area contributed by atoms with Gasteiger partial charge in [-0.1, -0.05) is 24.3 Å². The van der Waals surface area contributed by atoms with E-state index in [0.29, 0.717) is 10.8 Å². The van der Waals surface area contributed by atoms with Crippen LogP contribution in [0, 0.1) is 0 Å². The molecule has 0 spiro atoms. The van der Waals surface area contributed by atoms with Crippen LogP contribution in [0.4, 0.5) is 0 Å². The first-order valence-corrected chi connectivity index (χ1v) is 9.55. The minimum absolute atomic E-state index is 0.259. The van der Waals surface area contributed by atoms with Gasteiger partial charge in [0.25, 0.3) is 17.7 Å². The van der Waals surface area contributed by atoms with Crippen molar-refractivity contribution in [1.82, 2.24) is 20.4 Å². The number of hydrazine groups is 1. The molecule has 0 unspecified atom stereocenters. The standard InChI is InChI=1S/C23H16N4O4/c28-20(26-27-22(29)16-5-1-2-6-17(16)23(27)30)13-31-15-11-9-14(10-12-15)21-24-18-7-3-4-8-19(18)25-21/h1-12H,13H2,(H,24,25)(H,26,28). The number of carbonyl (C=O) groups is 3. The Bertz CT molecular complexity index is 1260. The minimum Gasteiger partial charge on any atom is -0.484 e. The van der Waals surface area contributed by atoms with Gasteiger partial charge in [-0.2, -0.15) is 5.01 Å². The van der Waals surface area contributed by atoms with Crippen molar-refractivity contribution in [2.45, 2.75) is 0 Å². The van der Waals surface area contributed by atoms with Crippen molar-refractivity contribution >= 4 is 28.8 Å². The van der Waals surface area contributed by atoms with Crippen molar-refractivity contribution in [2.75, 3.05) is 6.61 Å². The molecule has 0 fully saturated rings. The van der Waals surface area contributed by atoms with Crippen LogP contribution in [0.25, 0.3) is 22.4 Å². The summed E-state index contributed by atoms with van der Waals surface area (Å²) in [5.41, 5.74) is 5.52. The Morgan fingerprint density at radius 2 is 1.55 bits per heavy atom. The van der Waals surface area contributed by atoms with Gasteiger partial charge in [-0.05, 0) is 48.5 Å². The smallest absolute Gasteiger partial charge is 0.280 e. The number of hydrogen-bond acceptors (Lipinski definition) is 5. The monoisotopic (exact) mass is 412 g/mol. The van der Waals surface area contributed by atoms with Gasteiger partial charge in [0.2, 0.25) is 0 Å². The van der Waals surface area contributed by atoms with Crippen LogP contribution in [0.15, 0.2) is 72.8 Å². The molecule has 152 valence electrons. The highest BCUT2D eigenvalue weighted by molar-refractivity contribution is 6.21. The molecule has 2 N–H and O–H groups in total. The second-order valence-corrected chi connectivity index (χ2v) is 6.94. The van der Waals surface area contributed by atoms with E-state index in [9.17, 15) is 14.4 Å². The van der Waals surface area contributed by atoms with Crippen molar-refractivity contribution in [3.63, 3.8) is 0 Å². The number of imide groups is 1. The normalized spacial score (nSPS) is 12.8. The highest BCUT2D eigenvalue weighted by Gasteiger charge is 2.36. The fourth-order valence-electron chi connectivity index (χ4n) is 3.40. The van der Waals surface area contributed by atoms with E-state index in [4.69, 9.17) is 4.74 Å². The average molecular weight is 412 g/mol. The van der Waals surface area contributed by atoms with Crippen LogP contribution in [0.3, 0.4) is 0 Å². The molecule has 8 nitrogen and oxygen atoms in total. The maximum absolute atomic E-state index is 12.3. The van der Waals surface area contributed by atoms with Gasteiger partial charge in [0, 0.05) is 5.56 Å². The van der Waals surface area contributed by atoms with E-state index < -0.39 is 17.7 Å². The number of H-pyrrole nitrogens is 1. The molecule has 1 aliphatic rings. The predicted molar refractivity (Wildman–Crippen MR) is 112 cm³/mol. The van der Waals surface area contributed by atoms with Crippen LogP contribution in [-0.2, 0) is 4.79 Å². The minimum atomic E-state index is -0.615. The summed E-state index contributed by atoms with van der Waals surface area (Å²) >= 11 is 0. The highest BCUT2D eigenvalue weighted by Crippen LogP contribution is 2.23. The number of hydrogen-bond donors (Lipinski definition) is 2. The SMILES string of the molecule is O=C(COc1ccc(-c2nc3ccccc3[nH]2)cc1)NN1C(=O)c2ccccc2C1=O. The maximum Gasteiger partial charge on any atom is 0.280 e. The van der Waals surface area contributed by atoms with E-state index in [1.807, 2.05) is 36.4 Å². The van der Waals surface area contributed by atoms with E-state index in [-0.39, 0.29) is 17.7 Å². The zero-order valence-electron chi connectivity index (χ0n) is 16.2. The molecule has 0 bridgehead atoms. The summed E-state index contributed by atoms with van der Waals surface area (Å²) in [6.07, 6.45) is 0. The first kappa shape index (κ1) is 18.6. The number of amides is 3. The van der Waals surface area contributed by atoms with Crippen LogP contribution < -0.4 is 10.2 Å². The van der Waals surface area contributed by atoms with E-state index in [2.05, 4.69) is 15.4 Å². The van der Waals surface area contributed by atoms with Crippen molar-refractivity contribution in [3.8, 4) is 17.1 Å². The molecule has 31 heavy (non-hydrogen) atoms. The van der Waals surface area contributed by atoms with Crippen LogP contribution in [0.2, 0.25) is 0 Å². The number of aromatic amines is 1. The lowest BCUT2D eigenvalue weighted by molar-refractivity contribution is -0.126. The van der Waals surface area contributed by atoms with Gasteiger partial charge in [0.05, 0.1) is 22.2 Å². The molecule has 0 radical (unpaired) electrons. The number of nitrogens with one attached hydrogen (secondary N) is 2. The van der Waals surface area contributed by atoms with E-state index in [1.54, 1.807) is 36.4 Å². The molecule has 0 saturated heterocycles. The Hall–Kier alpha value is -4.46. The van der Waals surface area contributed by atoms with Gasteiger partial charge in [-0.15, -0.1) is 0 Å². The summed E-state index contributed by atoms with van der Waals surface area (Å²) < 4.78 is 5.48. The third-order valence-corrected chi connectivity index (χ3v) is 4.92. The number of rotatable bonds is 5. The molecule has 1 aromatic heterocycles. The Morgan fingerprint density at radius 3 is 2.23 bits per heavy atom. The Labute approximate surface area is 176 Å². The van der Waals surface area contributed by atoms with Crippen molar-refractivity contribution in [2.24, 2.45) is 0 Å². The molecular formula is C23H16N4O4. The lowest BCUT2D eigenvalue weighted by Gasteiger charge is -2.15. The highest BCUT2D eigenvalue weighted by atomic mass is 16.5. The maximum atomic E-state index is 12.3. The molecule has 0 saturated carbocycles. The van der Waals surface area contributed by atoms with E-state index in [1.165, 1.54) is 0 Å². The lowest BCUT2D eigenvalue weighted by atomic mass is 10.1. The number of carbonyl (C=O) groups excluding carboxylic acids is 3. The third-order valence-electron chi connectivity index (χ3n) is 4.92. The average Bonchev–Trinajstić information content (AvgIpc) is 3.34. The summed E-state index contributed by atoms with van der Waals surface area (Å²) in [5, 5.41) is 0.709. The molecular weight excluding hydrogens is 396 g/mol. The largest absolute Gasteiger partial charge is 0.484 e. The Balaban J connectivity index is 1.21. The van der Waals surface area contributed by atoms with Crippen LogP contribution in [-0.4, -0.2) is 39.3 Å². The first-order valence-electron chi connectivity index (χ1n) is 9.55. The number of nitrogens with zero attached hydrogens (tertiary/aromatic N) is 2. The van der Waals surface area contributed by atoms with Gasteiger partial charge >= 0.3 is 0 Å². The van der Waals surface area contributed by atoms with Crippen molar-refractivity contribution in [3.05, 3.63) is 83.9 Å². The summed E-state index contributed by atoms with van der Waals surface area (Å²) in [6.45, 7) is -0.350. The van der Waals surface area contributed by atoms with Gasteiger partial charge in [0.1, 0.15) is 11.6 Å². The van der Waals surface area contributed by atoms with Crippen LogP contribution in [0.5, 0.6) is 5.75 Å². The van der Waals surface area contributed by atoms with Crippen molar-refractivity contribution in [1.29, 1.82) is 0 Å². The molecule has 0 atom stereocenters. The van der Waals surface area contributed by atoms with Gasteiger partial charge in [0.15, 0.2) is 6.61 Å². The summed E-state index contributed by atoms with van der Waals surface area (Å²) in [5.74, 6) is -0.544. The number of ether oxygens (including phenoxy) is 1. The third kappa shape index (κ3) is 3.40. The van der Waals surface area contributed by atoms with Gasteiger partial charge in [-0.3, -0.25) is 19.8 Å². The quantitative estimate of drug-likeness (QED) is 0.491. The number of imidazole rings is 1. The molecule has 5 rings (SSSR count). The van der Waals surface area contributed by atoms with E-state index in [0.717, 1.165) is 22.4 Å². The van der Waals surface area contributed by atoms with E-state index >= 15 is 0 Å². The number of aromatic nitrogens is 2. The molecule has 3 amide bonds. The topological polar surface area (TPSA) is 104 Å². The zero-order valence-corrected chi connectivity index (χ0v) is 16.2. The zero-order chi connectivity index (χ0) is 21.4. The number of benzene rings is 3. The fraction of sp³-hybridized carbons (Fsp3) is 0.0435. The summed E-state index contributed by atoms with van der Waals surface area (Å²) in [6, 6.07) is 21.3. The predicted octanol–water partition coefficient (Wildman–Crippen LogP) is 2.94. The lowest BCUT2D eigenvalue weighted by Crippen LogP contribution is -2.47. The van der Waals surface area contributed by atoms with Crippen LogP contribution in [0.1, 0.15) is 20.7 Å². The summed E-state index contributed by atoms with van der Waals surface area (Å²) in [7, 11) is 0. The van der Waals surface area contributed by atoms with Gasteiger partial charge in [-0.25, -0.2) is 4.98 Å². The Kier molecular flexibility index (Phi) is 4.44. The molecule has 2 heterocycles. The Morgan fingerprint density at radius 1 is 0.903 bits per heavy atom. The second-order valence-electron chi connectivity index (χ2n) is 6.94. The second kappa shape index (κ2) is 7.42. The van der Waals surface area contributed by atoms with Crippen molar-refractivity contribution < 1.29 is 19.1 Å². The molecule has 8 heteroatoms. The first-order chi connectivity index (χ1) is 15.1. The molecule has 3 aromatic carbocycles. The molecule has 4 aromatic rings. The number of fused-ring (bicyclic) bond motifs is 2. The van der Waals surface area contributed by atoms with Gasteiger partial charge < -0.3 is 9.72 Å². The molecule has 0 aliphatic carbocycles.